The van der Waals surface area contributed by atoms with Gasteiger partial charge in [0.05, 0.1) is 24.4 Å². The fourth-order valence-corrected chi connectivity index (χ4v) is 3.52. The molecule has 150 valence electrons. The fraction of sp³-hybridized carbons (Fsp3) is 0.571. The van der Waals surface area contributed by atoms with E-state index in [0.717, 1.165) is 44.2 Å². The Labute approximate surface area is 166 Å². The van der Waals surface area contributed by atoms with Gasteiger partial charge in [0.25, 0.3) is 5.91 Å². The molecule has 3 heterocycles. The van der Waals surface area contributed by atoms with E-state index < -0.39 is 0 Å². The van der Waals surface area contributed by atoms with Crippen LogP contribution in [-0.4, -0.2) is 51.9 Å². The zero-order valence-corrected chi connectivity index (χ0v) is 16.9. The van der Waals surface area contributed by atoms with Crippen molar-refractivity contribution in [1.82, 2.24) is 19.7 Å². The molecule has 7 heteroatoms. The number of carbonyl (C=O) groups excluding carboxylic acids is 1. The second-order valence-corrected chi connectivity index (χ2v) is 8.67. The number of rotatable bonds is 5. The average Bonchev–Trinajstić information content (AvgIpc) is 3.39. The summed E-state index contributed by atoms with van der Waals surface area (Å²) < 4.78 is 7.39. The van der Waals surface area contributed by atoms with E-state index in [0.29, 0.717) is 17.4 Å². The largest absolute Gasteiger partial charge is 0.379 e. The molecule has 2 aliphatic rings. The molecule has 0 radical (unpaired) electrons. The van der Waals surface area contributed by atoms with Gasteiger partial charge < -0.3 is 10.1 Å². The molecule has 2 fully saturated rings. The topological polar surface area (TPSA) is 72.3 Å². The lowest BCUT2D eigenvalue weighted by Crippen LogP contribution is -2.35. The molecular weight excluding hydrogens is 354 g/mol. The summed E-state index contributed by atoms with van der Waals surface area (Å²) in [7, 11) is 0. The Hall–Kier alpha value is -2.25. The van der Waals surface area contributed by atoms with Crippen molar-refractivity contribution in [2.45, 2.75) is 51.6 Å². The first-order valence-corrected chi connectivity index (χ1v) is 10.1. The number of hydrogen-bond acceptors (Lipinski definition) is 5. The molecule has 0 aromatic carbocycles. The molecule has 0 unspecified atom stereocenters. The van der Waals surface area contributed by atoms with Crippen LogP contribution in [0.5, 0.6) is 0 Å². The van der Waals surface area contributed by atoms with Gasteiger partial charge in [0.2, 0.25) is 0 Å². The van der Waals surface area contributed by atoms with Gasteiger partial charge in [-0.1, -0.05) is 6.07 Å². The van der Waals surface area contributed by atoms with E-state index in [-0.39, 0.29) is 11.4 Å². The Balaban J connectivity index is 1.47. The van der Waals surface area contributed by atoms with Crippen LogP contribution in [-0.2, 0) is 16.8 Å². The Morgan fingerprint density at radius 1 is 1.25 bits per heavy atom. The molecule has 1 aliphatic carbocycles. The third-order valence-corrected chi connectivity index (χ3v) is 5.14. The number of pyridine rings is 1. The summed E-state index contributed by atoms with van der Waals surface area (Å²) in [5, 5.41) is 7.53. The quantitative estimate of drug-likeness (QED) is 0.859. The number of morpholine rings is 1. The highest BCUT2D eigenvalue weighted by molar-refractivity contribution is 6.02. The molecule has 1 saturated heterocycles. The highest BCUT2D eigenvalue weighted by Crippen LogP contribution is 2.41. The lowest BCUT2D eigenvalue weighted by molar-refractivity contribution is 0.0337. The molecule has 1 aliphatic heterocycles. The molecule has 1 amide bonds. The number of nitrogens with one attached hydrogen (secondary N) is 1. The maximum Gasteiger partial charge on any atom is 0.277 e. The van der Waals surface area contributed by atoms with Gasteiger partial charge in [-0.2, -0.15) is 5.10 Å². The van der Waals surface area contributed by atoms with E-state index >= 15 is 0 Å². The lowest BCUT2D eigenvalue weighted by atomic mass is 10.1. The van der Waals surface area contributed by atoms with E-state index in [2.05, 4.69) is 41.1 Å². The van der Waals surface area contributed by atoms with Gasteiger partial charge in [-0.3, -0.25) is 14.4 Å². The maximum atomic E-state index is 12.8. The van der Waals surface area contributed by atoms with Crippen molar-refractivity contribution >= 4 is 11.7 Å². The van der Waals surface area contributed by atoms with Crippen molar-refractivity contribution in [2.24, 2.45) is 0 Å². The molecule has 4 rings (SSSR count). The van der Waals surface area contributed by atoms with Crippen LogP contribution in [0.2, 0.25) is 0 Å². The number of carbonyl (C=O) groups is 1. The number of ether oxygens (including phenoxy) is 1. The Kier molecular flexibility index (Phi) is 5.21. The summed E-state index contributed by atoms with van der Waals surface area (Å²) in [4.78, 5) is 19.7. The van der Waals surface area contributed by atoms with E-state index in [9.17, 15) is 4.79 Å². The number of anilines is 1. The van der Waals surface area contributed by atoms with Gasteiger partial charge in [0.1, 0.15) is 5.82 Å². The zero-order valence-electron chi connectivity index (χ0n) is 16.9. The smallest absolute Gasteiger partial charge is 0.277 e. The monoisotopic (exact) mass is 383 g/mol. The predicted molar refractivity (Wildman–Crippen MR) is 107 cm³/mol. The number of amides is 1. The summed E-state index contributed by atoms with van der Waals surface area (Å²) in [6, 6.07) is 7.69. The molecule has 2 aromatic heterocycles. The minimum Gasteiger partial charge on any atom is -0.379 e. The van der Waals surface area contributed by atoms with Crippen LogP contribution in [0, 0.1) is 0 Å². The highest BCUT2D eigenvalue weighted by atomic mass is 16.5. The molecule has 0 bridgehead atoms. The van der Waals surface area contributed by atoms with Crippen LogP contribution in [0.15, 0.2) is 24.3 Å². The SMILES string of the molecule is CC(C)(C)n1nc(C(=O)Nc2cccc(CN3CCOCC3)n2)cc1C1CC1. The Morgan fingerprint density at radius 3 is 2.68 bits per heavy atom. The van der Waals surface area contributed by atoms with Crippen LogP contribution < -0.4 is 5.32 Å². The van der Waals surface area contributed by atoms with Crippen molar-refractivity contribution in [1.29, 1.82) is 0 Å². The molecule has 28 heavy (non-hydrogen) atoms. The van der Waals surface area contributed by atoms with E-state index in [1.165, 1.54) is 12.8 Å². The van der Waals surface area contributed by atoms with Crippen molar-refractivity contribution in [3.8, 4) is 0 Å². The predicted octanol–water partition coefficient (Wildman–Crippen LogP) is 3.00. The van der Waals surface area contributed by atoms with Crippen molar-refractivity contribution in [3.05, 3.63) is 41.3 Å². The van der Waals surface area contributed by atoms with Gasteiger partial charge in [-0.05, 0) is 51.8 Å². The maximum absolute atomic E-state index is 12.8. The van der Waals surface area contributed by atoms with Gasteiger partial charge in [-0.25, -0.2) is 4.98 Å². The van der Waals surface area contributed by atoms with Crippen LogP contribution in [0.1, 0.15) is 61.4 Å². The second kappa shape index (κ2) is 7.64. The Bertz CT molecular complexity index is 845. The van der Waals surface area contributed by atoms with Crippen molar-refractivity contribution in [3.63, 3.8) is 0 Å². The molecule has 0 spiro atoms. The summed E-state index contributed by atoms with van der Waals surface area (Å²) in [6.07, 6.45) is 2.35. The number of nitrogens with zero attached hydrogens (tertiary/aromatic N) is 4. The minimum atomic E-state index is -0.207. The molecule has 1 saturated carbocycles. The molecule has 0 atom stereocenters. The van der Waals surface area contributed by atoms with Crippen LogP contribution in [0.4, 0.5) is 5.82 Å². The molecule has 1 N–H and O–H groups in total. The number of hydrogen-bond donors (Lipinski definition) is 1. The Morgan fingerprint density at radius 2 is 2.00 bits per heavy atom. The highest BCUT2D eigenvalue weighted by Gasteiger charge is 2.32. The van der Waals surface area contributed by atoms with Crippen molar-refractivity contribution < 1.29 is 9.53 Å². The first-order chi connectivity index (χ1) is 13.4. The second-order valence-electron chi connectivity index (χ2n) is 8.67. The average molecular weight is 383 g/mol. The van der Waals surface area contributed by atoms with Crippen LogP contribution in [0.3, 0.4) is 0 Å². The van der Waals surface area contributed by atoms with Gasteiger partial charge >= 0.3 is 0 Å². The normalized spacial score (nSPS) is 18.2. The minimum absolute atomic E-state index is 0.146. The standard InChI is InChI=1S/C21H29N5O2/c1-21(2,3)26-18(15-7-8-15)13-17(24-26)20(27)23-19-6-4-5-16(22-19)14-25-9-11-28-12-10-25/h4-6,13,15H,7-12,14H2,1-3H3,(H,22,23,27). The molecular formula is C21H29N5O2. The van der Waals surface area contributed by atoms with Gasteiger partial charge in [-0.15, -0.1) is 0 Å². The summed E-state index contributed by atoms with van der Waals surface area (Å²) in [5.41, 5.74) is 2.41. The first kappa shape index (κ1) is 19.1. The van der Waals surface area contributed by atoms with Crippen molar-refractivity contribution in [2.75, 3.05) is 31.6 Å². The lowest BCUT2D eigenvalue weighted by Gasteiger charge is -2.26. The fourth-order valence-electron chi connectivity index (χ4n) is 3.52. The summed E-state index contributed by atoms with van der Waals surface area (Å²) in [6.45, 7) is 10.4. The summed E-state index contributed by atoms with van der Waals surface area (Å²) >= 11 is 0. The number of aromatic nitrogens is 3. The summed E-state index contributed by atoms with van der Waals surface area (Å²) in [5.74, 6) is 0.887. The zero-order chi connectivity index (χ0) is 19.7. The van der Waals surface area contributed by atoms with E-state index in [4.69, 9.17) is 4.74 Å². The van der Waals surface area contributed by atoms with Crippen LogP contribution >= 0.6 is 0 Å². The third kappa shape index (κ3) is 4.42. The van der Waals surface area contributed by atoms with E-state index in [1.807, 2.05) is 28.9 Å². The van der Waals surface area contributed by atoms with E-state index in [1.54, 1.807) is 0 Å². The first-order valence-electron chi connectivity index (χ1n) is 10.1. The molecule has 7 nitrogen and oxygen atoms in total. The molecule has 2 aromatic rings. The van der Waals surface area contributed by atoms with Gasteiger partial charge in [0, 0.05) is 31.2 Å². The third-order valence-electron chi connectivity index (χ3n) is 5.14. The van der Waals surface area contributed by atoms with Gasteiger partial charge in [0.15, 0.2) is 5.69 Å². The van der Waals surface area contributed by atoms with Crippen LogP contribution in [0.25, 0.3) is 0 Å².